The summed E-state index contributed by atoms with van der Waals surface area (Å²) in [6, 6.07) is 2.64. The van der Waals surface area contributed by atoms with Gasteiger partial charge < -0.3 is 10.0 Å². The van der Waals surface area contributed by atoms with Crippen molar-refractivity contribution in [1.29, 1.82) is 0 Å². The van der Waals surface area contributed by atoms with E-state index in [1.54, 1.807) is 18.7 Å². The maximum absolute atomic E-state index is 12.7. The van der Waals surface area contributed by atoms with Crippen molar-refractivity contribution in [3.8, 4) is 0 Å². The fourth-order valence-corrected chi connectivity index (χ4v) is 2.34. The molecule has 0 aromatic carbocycles. The zero-order chi connectivity index (χ0) is 14.8. The third-order valence-electron chi connectivity index (χ3n) is 3.24. The van der Waals surface area contributed by atoms with Gasteiger partial charge in [-0.1, -0.05) is 0 Å². The van der Waals surface area contributed by atoms with E-state index in [9.17, 15) is 14.3 Å². The van der Waals surface area contributed by atoms with Crippen LogP contribution in [0, 0.1) is 5.95 Å². The van der Waals surface area contributed by atoms with Gasteiger partial charge in [-0.2, -0.15) is 4.39 Å². The van der Waals surface area contributed by atoms with Gasteiger partial charge in [0, 0.05) is 38.9 Å². The van der Waals surface area contributed by atoms with Gasteiger partial charge in [0.05, 0.1) is 11.2 Å². The second kappa shape index (κ2) is 5.85. The summed E-state index contributed by atoms with van der Waals surface area (Å²) in [5.74, 6) is -0.711. The van der Waals surface area contributed by atoms with Crippen LogP contribution in [0.4, 0.5) is 4.39 Å². The minimum absolute atomic E-state index is 0.125. The van der Waals surface area contributed by atoms with Crippen LogP contribution in [0.1, 0.15) is 24.2 Å². The molecule has 1 aliphatic heterocycles. The van der Waals surface area contributed by atoms with Gasteiger partial charge in [-0.25, -0.2) is 4.98 Å². The van der Waals surface area contributed by atoms with Gasteiger partial charge in [0.1, 0.15) is 0 Å². The number of carbonyl (C=O) groups is 1. The normalized spacial score (nSPS) is 17.3. The van der Waals surface area contributed by atoms with Gasteiger partial charge in [-0.05, 0) is 26.0 Å². The topological polar surface area (TPSA) is 56.7 Å². The van der Waals surface area contributed by atoms with Gasteiger partial charge in [-0.15, -0.1) is 0 Å². The van der Waals surface area contributed by atoms with Crippen LogP contribution in [0.15, 0.2) is 18.3 Å². The Bertz CT molecular complexity index is 462. The molecule has 2 rings (SSSR count). The molecule has 6 heteroatoms. The highest BCUT2D eigenvalue weighted by Crippen LogP contribution is 2.11. The van der Waals surface area contributed by atoms with E-state index >= 15 is 0 Å². The molecule has 20 heavy (non-hydrogen) atoms. The van der Waals surface area contributed by atoms with Crippen molar-refractivity contribution in [3.63, 3.8) is 0 Å². The molecule has 0 saturated carbocycles. The standard InChI is InChI=1S/C14H20FN3O2/c1-14(2,20)10-17-5-7-18(8-6-17)13(19)11-3-4-12(15)16-9-11/h3-4,9,20H,5-8,10H2,1-2H3. The van der Waals surface area contributed by atoms with Crippen molar-refractivity contribution in [3.05, 3.63) is 29.8 Å². The molecule has 0 unspecified atom stereocenters. The lowest BCUT2D eigenvalue weighted by Crippen LogP contribution is -2.52. The first kappa shape index (κ1) is 14.9. The molecular formula is C14H20FN3O2. The van der Waals surface area contributed by atoms with Crippen molar-refractivity contribution >= 4 is 5.91 Å². The summed E-state index contributed by atoms with van der Waals surface area (Å²) in [6.45, 7) is 6.80. The SMILES string of the molecule is CC(C)(O)CN1CCN(C(=O)c2ccc(F)nc2)CC1. The van der Waals surface area contributed by atoms with Crippen LogP contribution >= 0.6 is 0 Å². The van der Waals surface area contributed by atoms with Crippen LogP contribution in [0.2, 0.25) is 0 Å². The van der Waals surface area contributed by atoms with E-state index in [4.69, 9.17) is 0 Å². The Balaban J connectivity index is 1.90. The van der Waals surface area contributed by atoms with Crippen LogP contribution in [-0.4, -0.2) is 64.1 Å². The van der Waals surface area contributed by atoms with E-state index < -0.39 is 11.5 Å². The van der Waals surface area contributed by atoms with Crippen molar-refractivity contribution in [2.45, 2.75) is 19.4 Å². The molecule has 0 bridgehead atoms. The first-order chi connectivity index (χ1) is 9.35. The Morgan fingerprint density at radius 2 is 2.00 bits per heavy atom. The number of β-amino-alcohol motifs (C(OH)–C–C–N with tert-alkyl or cyclic N) is 1. The van der Waals surface area contributed by atoms with Crippen LogP contribution in [0.5, 0.6) is 0 Å². The Kier molecular flexibility index (Phi) is 4.35. The predicted octanol–water partition coefficient (Wildman–Crippen LogP) is 0.749. The highest BCUT2D eigenvalue weighted by Gasteiger charge is 2.25. The van der Waals surface area contributed by atoms with Gasteiger partial charge in [-0.3, -0.25) is 9.69 Å². The lowest BCUT2D eigenvalue weighted by Gasteiger charge is -2.37. The molecule has 0 atom stereocenters. The third-order valence-corrected chi connectivity index (χ3v) is 3.24. The summed E-state index contributed by atoms with van der Waals surface area (Å²) in [6.07, 6.45) is 1.26. The smallest absolute Gasteiger partial charge is 0.255 e. The van der Waals surface area contributed by atoms with Gasteiger partial charge in [0.2, 0.25) is 5.95 Å². The molecular weight excluding hydrogens is 261 g/mol. The fourth-order valence-electron chi connectivity index (χ4n) is 2.34. The van der Waals surface area contributed by atoms with E-state index in [0.717, 1.165) is 13.1 Å². The highest BCUT2D eigenvalue weighted by molar-refractivity contribution is 5.93. The van der Waals surface area contributed by atoms with Gasteiger partial charge >= 0.3 is 0 Å². The van der Waals surface area contributed by atoms with E-state index in [0.29, 0.717) is 25.2 Å². The zero-order valence-corrected chi connectivity index (χ0v) is 11.8. The number of rotatable bonds is 3. The molecule has 1 aromatic heterocycles. The summed E-state index contributed by atoms with van der Waals surface area (Å²) in [7, 11) is 0. The van der Waals surface area contributed by atoms with Crippen LogP contribution < -0.4 is 0 Å². The second-order valence-corrected chi connectivity index (χ2v) is 5.75. The third kappa shape index (κ3) is 3.98. The van der Waals surface area contributed by atoms with Crippen LogP contribution in [-0.2, 0) is 0 Å². The number of nitrogens with zero attached hydrogens (tertiary/aromatic N) is 3. The number of carbonyl (C=O) groups excluding carboxylic acids is 1. The monoisotopic (exact) mass is 281 g/mol. The maximum atomic E-state index is 12.7. The largest absolute Gasteiger partial charge is 0.389 e. The number of pyridine rings is 1. The molecule has 0 spiro atoms. The van der Waals surface area contributed by atoms with Gasteiger partial charge in [0.15, 0.2) is 0 Å². The Morgan fingerprint density at radius 1 is 1.35 bits per heavy atom. The quantitative estimate of drug-likeness (QED) is 0.831. The average molecular weight is 281 g/mol. The van der Waals surface area contributed by atoms with Crippen molar-refractivity contribution in [2.24, 2.45) is 0 Å². The number of aliphatic hydroxyl groups is 1. The molecule has 1 aliphatic rings. The zero-order valence-electron chi connectivity index (χ0n) is 11.8. The molecule has 1 amide bonds. The molecule has 1 saturated heterocycles. The summed E-state index contributed by atoms with van der Waals surface area (Å²) >= 11 is 0. The highest BCUT2D eigenvalue weighted by atomic mass is 19.1. The molecule has 0 aliphatic carbocycles. The summed E-state index contributed by atoms with van der Waals surface area (Å²) < 4.78 is 12.7. The Labute approximate surface area is 118 Å². The Hall–Kier alpha value is -1.53. The molecule has 1 aromatic rings. The maximum Gasteiger partial charge on any atom is 0.255 e. The Morgan fingerprint density at radius 3 is 2.50 bits per heavy atom. The summed E-state index contributed by atoms with van der Waals surface area (Å²) in [5.41, 5.74) is -0.324. The lowest BCUT2D eigenvalue weighted by molar-refractivity contribution is 0.0178. The average Bonchev–Trinajstić information content (AvgIpc) is 2.38. The molecule has 2 heterocycles. The molecule has 0 radical (unpaired) electrons. The van der Waals surface area contributed by atoms with Crippen LogP contribution in [0.25, 0.3) is 0 Å². The molecule has 1 fully saturated rings. The van der Waals surface area contributed by atoms with Crippen LogP contribution in [0.3, 0.4) is 0 Å². The minimum Gasteiger partial charge on any atom is -0.389 e. The minimum atomic E-state index is -0.729. The van der Waals surface area contributed by atoms with E-state index in [2.05, 4.69) is 9.88 Å². The number of hydrogen-bond acceptors (Lipinski definition) is 4. The lowest BCUT2D eigenvalue weighted by atomic mass is 10.1. The second-order valence-electron chi connectivity index (χ2n) is 5.75. The predicted molar refractivity (Wildman–Crippen MR) is 72.8 cm³/mol. The number of piperazine rings is 1. The van der Waals surface area contributed by atoms with Crippen molar-refractivity contribution in [1.82, 2.24) is 14.8 Å². The van der Waals surface area contributed by atoms with Gasteiger partial charge in [0.25, 0.3) is 5.91 Å². The van der Waals surface area contributed by atoms with E-state index in [-0.39, 0.29) is 5.91 Å². The number of amides is 1. The fraction of sp³-hybridized carbons (Fsp3) is 0.571. The number of aromatic nitrogens is 1. The van der Waals surface area contributed by atoms with Crippen molar-refractivity contribution in [2.75, 3.05) is 32.7 Å². The van der Waals surface area contributed by atoms with E-state index in [1.165, 1.54) is 18.3 Å². The summed E-state index contributed by atoms with van der Waals surface area (Å²) in [5, 5.41) is 9.78. The number of hydrogen-bond donors (Lipinski definition) is 1. The number of halogens is 1. The molecule has 5 nitrogen and oxygen atoms in total. The molecule has 110 valence electrons. The molecule has 1 N–H and O–H groups in total. The first-order valence-electron chi connectivity index (χ1n) is 6.71. The first-order valence-corrected chi connectivity index (χ1v) is 6.71. The van der Waals surface area contributed by atoms with Crippen molar-refractivity contribution < 1.29 is 14.3 Å². The van der Waals surface area contributed by atoms with E-state index in [1.807, 2.05) is 0 Å². The summed E-state index contributed by atoms with van der Waals surface area (Å²) in [4.78, 5) is 19.6.